The Balaban J connectivity index is 1.74. The zero-order valence-electron chi connectivity index (χ0n) is 12.3. The minimum atomic E-state index is 0.386. The molecule has 1 aliphatic heterocycles. The molecule has 2 aromatic rings. The first-order valence-corrected chi connectivity index (χ1v) is 7.08. The molecule has 1 unspecified atom stereocenters. The Kier molecular flexibility index (Phi) is 3.90. The number of para-hydroxylation sites is 1. The van der Waals surface area contributed by atoms with Crippen molar-refractivity contribution in [2.45, 2.75) is 12.8 Å². The normalized spacial score (nSPS) is 16.8. The maximum Gasteiger partial charge on any atom is 0.164 e. The van der Waals surface area contributed by atoms with Crippen molar-refractivity contribution in [3.63, 3.8) is 0 Å². The summed E-state index contributed by atoms with van der Waals surface area (Å²) in [6.07, 6.45) is 3.56. The van der Waals surface area contributed by atoms with Crippen LogP contribution < -0.4 is 14.8 Å². The minimum absolute atomic E-state index is 0.386. The van der Waals surface area contributed by atoms with Crippen LogP contribution in [0, 0.1) is 5.92 Å². The second-order valence-corrected chi connectivity index (χ2v) is 5.14. The van der Waals surface area contributed by atoms with Crippen molar-refractivity contribution < 1.29 is 9.47 Å². The fourth-order valence-corrected chi connectivity index (χ4v) is 2.64. The molecular formula is C16H19N3O2. The summed E-state index contributed by atoms with van der Waals surface area (Å²) in [6, 6.07) is 7.89. The largest absolute Gasteiger partial charge is 0.493 e. The molecule has 0 bridgehead atoms. The van der Waals surface area contributed by atoms with Crippen LogP contribution in [0.5, 0.6) is 11.5 Å². The number of benzene rings is 1. The molecule has 0 spiro atoms. The van der Waals surface area contributed by atoms with Gasteiger partial charge in [-0.3, -0.25) is 0 Å². The SMILES string of the molecule is CNc1ccnc(CC2COc3c(cccc3OC)C2)n1. The van der Waals surface area contributed by atoms with Gasteiger partial charge >= 0.3 is 0 Å². The number of methoxy groups -OCH3 is 1. The lowest BCUT2D eigenvalue weighted by molar-refractivity contribution is 0.210. The van der Waals surface area contributed by atoms with Crippen molar-refractivity contribution in [3.05, 3.63) is 41.9 Å². The fraction of sp³-hybridized carbons (Fsp3) is 0.375. The van der Waals surface area contributed by atoms with E-state index in [4.69, 9.17) is 9.47 Å². The predicted molar refractivity (Wildman–Crippen MR) is 81.0 cm³/mol. The molecule has 0 saturated heterocycles. The summed E-state index contributed by atoms with van der Waals surface area (Å²) in [5.41, 5.74) is 1.19. The molecule has 110 valence electrons. The van der Waals surface area contributed by atoms with Gasteiger partial charge in [-0.1, -0.05) is 12.1 Å². The third-order valence-corrected chi connectivity index (χ3v) is 3.69. The summed E-state index contributed by atoms with van der Waals surface area (Å²) in [5, 5.41) is 3.04. The Hall–Kier alpha value is -2.30. The summed E-state index contributed by atoms with van der Waals surface area (Å²) in [4.78, 5) is 8.81. The Morgan fingerprint density at radius 2 is 2.29 bits per heavy atom. The topological polar surface area (TPSA) is 56.3 Å². The van der Waals surface area contributed by atoms with Crippen LogP contribution in [0.4, 0.5) is 5.82 Å². The molecule has 3 rings (SSSR count). The van der Waals surface area contributed by atoms with Crippen molar-refractivity contribution in [2.24, 2.45) is 5.92 Å². The molecule has 1 N–H and O–H groups in total. The number of hydrogen-bond donors (Lipinski definition) is 1. The molecule has 1 aromatic heterocycles. The summed E-state index contributed by atoms with van der Waals surface area (Å²) < 4.78 is 11.2. The fourth-order valence-electron chi connectivity index (χ4n) is 2.64. The Morgan fingerprint density at radius 1 is 1.38 bits per heavy atom. The summed E-state index contributed by atoms with van der Waals surface area (Å²) >= 11 is 0. The molecule has 5 heteroatoms. The number of ether oxygens (including phenoxy) is 2. The van der Waals surface area contributed by atoms with E-state index in [1.165, 1.54) is 5.56 Å². The number of aromatic nitrogens is 2. The van der Waals surface area contributed by atoms with Crippen LogP contribution in [0.15, 0.2) is 30.5 Å². The number of anilines is 1. The van der Waals surface area contributed by atoms with Gasteiger partial charge in [0.25, 0.3) is 0 Å². The average Bonchev–Trinajstić information content (AvgIpc) is 2.54. The van der Waals surface area contributed by atoms with Gasteiger partial charge in [-0.2, -0.15) is 0 Å². The maximum atomic E-state index is 5.89. The van der Waals surface area contributed by atoms with Gasteiger partial charge in [0.05, 0.1) is 13.7 Å². The third kappa shape index (κ3) is 2.91. The molecule has 1 aliphatic rings. The van der Waals surface area contributed by atoms with E-state index in [2.05, 4.69) is 21.4 Å². The summed E-state index contributed by atoms with van der Waals surface area (Å²) in [5.74, 6) is 3.76. The zero-order chi connectivity index (χ0) is 14.7. The predicted octanol–water partition coefficient (Wildman–Crippen LogP) is 2.32. The highest BCUT2D eigenvalue weighted by Gasteiger charge is 2.23. The molecule has 0 aliphatic carbocycles. The first-order chi connectivity index (χ1) is 10.3. The summed E-state index contributed by atoms with van der Waals surface area (Å²) in [7, 11) is 3.53. The zero-order valence-corrected chi connectivity index (χ0v) is 12.3. The second kappa shape index (κ2) is 5.99. The van der Waals surface area contributed by atoms with Gasteiger partial charge < -0.3 is 14.8 Å². The Bertz CT molecular complexity index is 631. The second-order valence-electron chi connectivity index (χ2n) is 5.14. The van der Waals surface area contributed by atoms with Crippen molar-refractivity contribution in [1.29, 1.82) is 0 Å². The minimum Gasteiger partial charge on any atom is -0.493 e. The Morgan fingerprint density at radius 3 is 3.10 bits per heavy atom. The number of nitrogens with zero attached hydrogens (tertiary/aromatic N) is 2. The molecule has 1 atom stereocenters. The van der Waals surface area contributed by atoms with Gasteiger partial charge in [0, 0.05) is 25.6 Å². The maximum absolute atomic E-state index is 5.89. The van der Waals surface area contributed by atoms with Gasteiger partial charge in [-0.15, -0.1) is 0 Å². The lowest BCUT2D eigenvalue weighted by Crippen LogP contribution is -2.24. The molecule has 0 fully saturated rings. The van der Waals surface area contributed by atoms with Crippen molar-refractivity contribution in [3.8, 4) is 11.5 Å². The Labute approximate surface area is 124 Å². The first kappa shape index (κ1) is 13.7. The van der Waals surface area contributed by atoms with Crippen molar-refractivity contribution in [2.75, 3.05) is 26.1 Å². The van der Waals surface area contributed by atoms with E-state index in [1.54, 1.807) is 13.3 Å². The third-order valence-electron chi connectivity index (χ3n) is 3.69. The van der Waals surface area contributed by atoms with E-state index in [0.29, 0.717) is 12.5 Å². The van der Waals surface area contributed by atoms with E-state index in [9.17, 15) is 0 Å². The lowest BCUT2D eigenvalue weighted by atomic mass is 9.93. The molecular weight excluding hydrogens is 266 g/mol. The molecule has 0 amide bonds. The molecule has 21 heavy (non-hydrogen) atoms. The molecule has 0 radical (unpaired) electrons. The van der Waals surface area contributed by atoms with E-state index >= 15 is 0 Å². The molecule has 0 saturated carbocycles. The lowest BCUT2D eigenvalue weighted by Gasteiger charge is -2.26. The van der Waals surface area contributed by atoms with E-state index in [0.717, 1.165) is 36.0 Å². The number of nitrogens with one attached hydrogen (secondary N) is 1. The monoisotopic (exact) mass is 285 g/mol. The van der Waals surface area contributed by atoms with Crippen LogP contribution in [-0.4, -0.2) is 30.7 Å². The van der Waals surface area contributed by atoms with Crippen LogP contribution in [0.2, 0.25) is 0 Å². The van der Waals surface area contributed by atoms with Crippen LogP contribution in [-0.2, 0) is 12.8 Å². The molecule has 2 heterocycles. The van der Waals surface area contributed by atoms with Crippen LogP contribution in [0.3, 0.4) is 0 Å². The van der Waals surface area contributed by atoms with Gasteiger partial charge in [0.15, 0.2) is 11.5 Å². The number of rotatable bonds is 4. The van der Waals surface area contributed by atoms with Crippen LogP contribution in [0.25, 0.3) is 0 Å². The molecule has 5 nitrogen and oxygen atoms in total. The highest BCUT2D eigenvalue weighted by Crippen LogP contribution is 2.36. The molecule has 1 aromatic carbocycles. The summed E-state index contributed by atoms with van der Waals surface area (Å²) in [6.45, 7) is 0.667. The van der Waals surface area contributed by atoms with Gasteiger partial charge in [-0.05, 0) is 24.1 Å². The first-order valence-electron chi connectivity index (χ1n) is 7.08. The standard InChI is InChI=1S/C16H19N3O2/c1-17-14-6-7-18-15(19-14)9-11-8-12-4-3-5-13(20-2)16(12)21-10-11/h3-7,11H,8-10H2,1-2H3,(H,17,18,19). The quantitative estimate of drug-likeness (QED) is 0.934. The smallest absolute Gasteiger partial charge is 0.164 e. The van der Waals surface area contributed by atoms with Crippen molar-refractivity contribution >= 4 is 5.82 Å². The average molecular weight is 285 g/mol. The van der Waals surface area contributed by atoms with Gasteiger partial charge in [-0.25, -0.2) is 9.97 Å². The van der Waals surface area contributed by atoms with Gasteiger partial charge in [0.2, 0.25) is 0 Å². The number of hydrogen-bond acceptors (Lipinski definition) is 5. The van der Waals surface area contributed by atoms with E-state index in [1.807, 2.05) is 25.2 Å². The highest BCUT2D eigenvalue weighted by molar-refractivity contribution is 5.47. The van der Waals surface area contributed by atoms with Crippen molar-refractivity contribution in [1.82, 2.24) is 9.97 Å². The van der Waals surface area contributed by atoms with Crippen LogP contribution in [0.1, 0.15) is 11.4 Å². The van der Waals surface area contributed by atoms with E-state index < -0.39 is 0 Å². The highest BCUT2D eigenvalue weighted by atomic mass is 16.5. The number of fused-ring (bicyclic) bond motifs is 1. The van der Waals surface area contributed by atoms with E-state index in [-0.39, 0.29) is 0 Å². The van der Waals surface area contributed by atoms with Gasteiger partial charge in [0.1, 0.15) is 11.6 Å². The van der Waals surface area contributed by atoms with Crippen LogP contribution >= 0.6 is 0 Å².